The number of hydrogen-bond donors (Lipinski definition) is 2. The standard InChI is InChI=1S/C16H19FN2O4/c1-10-13(16(22)23)6-3-7-19(10)14(20)9-18-15(21)11-4-2-5-12(17)8-11/h2,4-5,8,10,13H,3,6-7,9H2,1H3,(H,18,21)(H,22,23)/t10-,13-/m1/s1. The van der Waals surface area contributed by atoms with Gasteiger partial charge in [-0.2, -0.15) is 0 Å². The number of nitrogens with zero attached hydrogens (tertiary/aromatic N) is 1. The predicted molar refractivity (Wildman–Crippen MR) is 80.3 cm³/mol. The lowest BCUT2D eigenvalue weighted by atomic mass is 9.90. The van der Waals surface area contributed by atoms with Crippen LogP contribution in [0.15, 0.2) is 24.3 Å². The smallest absolute Gasteiger partial charge is 0.308 e. The zero-order valence-corrected chi connectivity index (χ0v) is 12.8. The minimum Gasteiger partial charge on any atom is -0.481 e. The summed E-state index contributed by atoms with van der Waals surface area (Å²) in [6.07, 6.45) is 1.15. The SMILES string of the molecule is C[C@@H]1[C@H](C(=O)O)CCCN1C(=O)CNC(=O)c1cccc(F)c1. The van der Waals surface area contributed by atoms with Gasteiger partial charge < -0.3 is 15.3 Å². The minimum atomic E-state index is -0.918. The van der Waals surface area contributed by atoms with E-state index >= 15 is 0 Å². The fourth-order valence-corrected chi connectivity index (χ4v) is 2.81. The van der Waals surface area contributed by atoms with Crippen LogP contribution in [0.25, 0.3) is 0 Å². The molecule has 1 fully saturated rings. The lowest BCUT2D eigenvalue weighted by molar-refractivity contribution is -0.148. The Morgan fingerprint density at radius 3 is 2.78 bits per heavy atom. The normalized spacial score (nSPS) is 20.9. The van der Waals surface area contributed by atoms with Crippen molar-refractivity contribution in [2.45, 2.75) is 25.8 Å². The Morgan fingerprint density at radius 1 is 1.39 bits per heavy atom. The van der Waals surface area contributed by atoms with Gasteiger partial charge in [0.25, 0.3) is 5.91 Å². The Hall–Kier alpha value is -2.44. The molecular formula is C16H19FN2O4. The monoisotopic (exact) mass is 322 g/mol. The van der Waals surface area contributed by atoms with Gasteiger partial charge in [0.15, 0.2) is 0 Å². The number of carboxylic acids is 1. The molecule has 1 aromatic rings. The van der Waals surface area contributed by atoms with Crippen molar-refractivity contribution in [3.63, 3.8) is 0 Å². The Kier molecular flexibility index (Phi) is 5.31. The van der Waals surface area contributed by atoms with Gasteiger partial charge in [-0.05, 0) is 38.0 Å². The molecular weight excluding hydrogens is 303 g/mol. The molecule has 1 aliphatic heterocycles. The van der Waals surface area contributed by atoms with Crippen molar-refractivity contribution in [1.82, 2.24) is 10.2 Å². The third kappa shape index (κ3) is 4.06. The summed E-state index contributed by atoms with van der Waals surface area (Å²) in [5.41, 5.74) is 0.132. The summed E-state index contributed by atoms with van der Waals surface area (Å²) in [6.45, 7) is 1.93. The van der Waals surface area contributed by atoms with Gasteiger partial charge in [0, 0.05) is 18.2 Å². The average Bonchev–Trinajstić information content (AvgIpc) is 2.52. The minimum absolute atomic E-state index is 0.132. The fourth-order valence-electron chi connectivity index (χ4n) is 2.81. The molecule has 0 bridgehead atoms. The molecule has 23 heavy (non-hydrogen) atoms. The van der Waals surface area contributed by atoms with Gasteiger partial charge in [-0.15, -0.1) is 0 Å². The second-order valence-electron chi connectivity index (χ2n) is 5.61. The highest BCUT2D eigenvalue weighted by Crippen LogP contribution is 2.23. The molecule has 2 rings (SSSR count). The van der Waals surface area contributed by atoms with Crippen LogP contribution in [0.4, 0.5) is 4.39 Å². The number of benzene rings is 1. The number of nitrogens with one attached hydrogen (secondary N) is 1. The Labute approximate surface area is 133 Å². The van der Waals surface area contributed by atoms with E-state index in [-0.39, 0.29) is 18.0 Å². The highest BCUT2D eigenvalue weighted by molar-refractivity contribution is 5.96. The van der Waals surface area contributed by atoms with Crippen LogP contribution in [0.2, 0.25) is 0 Å². The number of carbonyl (C=O) groups is 3. The zero-order valence-electron chi connectivity index (χ0n) is 12.8. The lowest BCUT2D eigenvalue weighted by Gasteiger charge is -2.37. The topological polar surface area (TPSA) is 86.7 Å². The fraction of sp³-hybridized carbons (Fsp3) is 0.438. The number of carboxylic acid groups (broad SMARTS) is 1. The molecule has 124 valence electrons. The van der Waals surface area contributed by atoms with E-state index in [0.29, 0.717) is 19.4 Å². The van der Waals surface area contributed by atoms with Crippen LogP contribution in [0.3, 0.4) is 0 Å². The number of amides is 2. The molecule has 1 heterocycles. The van der Waals surface area contributed by atoms with Crippen LogP contribution in [0, 0.1) is 11.7 Å². The molecule has 2 atom stereocenters. The van der Waals surface area contributed by atoms with Gasteiger partial charge in [-0.3, -0.25) is 14.4 Å². The first-order valence-corrected chi connectivity index (χ1v) is 7.46. The van der Waals surface area contributed by atoms with Crippen molar-refractivity contribution >= 4 is 17.8 Å². The van der Waals surface area contributed by atoms with Gasteiger partial charge in [-0.25, -0.2) is 4.39 Å². The Bertz CT molecular complexity index is 620. The summed E-state index contributed by atoms with van der Waals surface area (Å²) >= 11 is 0. The zero-order chi connectivity index (χ0) is 17.0. The first-order chi connectivity index (χ1) is 10.9. The van der Waals surface area contributed by atoms with Crippen LogP contribution in [-0.2, 0) is 9.59 Å². The summed E-state index contributed by atoms with van der Waals surface area (Å²) in [5, 5.41) is 11.6. The number of hydrogen-bond acceptors (Lipinski definition) is 3. The van der Waals surface area contributed by atoms with Crippen molar-refractivity contribution in [3.8, 4) is 0 Å². The van der Waals surface area contributed by atoms with Gasteiger partial charge in [0.05, 0.1) is 12.5 Å². The molecule has 0 radical (unpaired) electrons. The van der Waals surface area contributed by atoms with Crippen LogP contribution < -0.4 is 5.32 Å². The van der Waals surface area contributed by atoms with Crippen molar-refractivity contribution < 1.29 is 23.9 Å². The molecule has 1 aromatic carbocycles. The maximum Gasteiger partial charge on any atom is 0.308 e. The van der Waals surface area contributed by atoms with Crippen molar-refractivity contribution in [2.24, 2.45) is 5.92 Å². The van der Waals surface area contributed by atoms with E-state index in [4.69, 9.17) is 5.11 Å². The summed E-state index contributed by atoms with van der Waals surface area (Å²) < 4.78 is 13.1. The van der Waals surface area contributed by atoms with Gasteiger partial charge in [0.2, 0.25) is 5.91 Å². The average molecular weight is 322 g/mol. The molecule has 2 amide bonds. The molecule has 0 aliphatic carbocycles. The number of carbonyl (C=O) groups excluding carboxylic acids is 2. The third-order valence-electron chi connectivity index (χ3n) is 4.11. The quantitative estimate of drug-likeness (QED) is 0.874. The molecule has 7 heteroatoms. The van der Waals surface area contributed by atoms with E-state index in [9.17, 15) is 18.8 Å². The Morgan fingerprint density at radius 2 is 2.13 bits per heavy atom. The Balaban J connectivity index is 1.94. The van der Waals surface area contributed by atoms with E-state index in [1.807, 2.05) is 0 Å². The van der Waals surface area contributed by atoms with E-state index in [1.165, 1.54) is 23.1 Å². The summed E-state index contributed by atoms with van der Waals surface area (Å²) in [4.78, 5) is 36.8. The van der Waals surface area contributed by atoms with E-state index in [0.717, 1.165) is 6.07 Å². The number of rotatable bonds is 4. The van der Waals surface area contributed by atoms with Crippen LogP contribution in [0.1, 0.15) is 30.1 Å². The van der Waals surface area contributed by atoms with Crippen LogP contribution in [-0.4, -0.2) is 46.9 Å². The molecule has 6 nitrogen and oxygen atoms in total. The molecule has 2 N–H and O–H groups in total. The van der Waals surface area contributed by atoms with Gasteiger partial charge in [0.1, 0.15) is 5.82 Å². The highest BCUT2D eigenvalue weighted by atomic mass is 19.1. The summed E-state index contributed by atoms with van der Waals surface area (Å²) in [7, 11) is 0. The predicted octanol–water partition coefficient (Wildman–Crippen LogP) is 1.27. The molecule has 0 saturated carbocycles. The second kappa shape index (κ2) is 7.21. The van der Waals surface area contributed by atoms with Crippen molar-refractivity contribution in [2.75, 3.05) is 13.1 Å². The van der Waals surface area contributed by atoms with Gasteiger partial charge >= 0.3 is 5.97 Å². The lowest BCUT2D eigenvalue weighted by Crippen LogP contribution is -2.51. The highest BCUT2D eigenvalue weighted by Gasteiger charge is 2.35. The first-order valence-electron chi connectivity index (χ1n) is 7.46. The van der Waals surface area contributed by atoms with E-state index in [2.05, 4.69) is 5.32 Å². The van der Waals surface area contributed by atoms with Crippen LogP contribution >= 0.6 is 0 Å². The molecule has 1 saturated heterocycles. The maximum atomic E-state index is 13.1. The van der Waals surface area contributed by atoms with Crippen LogP contribution in [0.5, 0.6) is 0 Å². The second-order valence-corrected chi connectivity index (χ2v) is 5.61. The van der Waals surface area contributed by atoms with Crippen molar-refractivity contribution in [1.29, 1.82) is 0 Å². The largest absolute Gasteiger partial charge is 0.481 e. The third-order valence-corrected chi connectivity index (χ3v) is 4.11. The molecule has 0 aromatic heterocycles. The number of halogens is 1. The number of piperidine rings is 1. The molecule has 0 spiro atoms. The van der Waals surface area contributed by atoms with Crippen molar-refractivity contribution in [3.05, 3.63) is 35.6 Å². The summed E-state index contributed by atoms with van der Waals surface area (Å²) in [6, 6.07) is 4.76. The van der Waals surface area contributed by atoms with Gasteiger partial charge in [-0.1, -0.05) is 6.07 Å². The molecule has 0 unspecified atom stereocenters. The first kappa shape index (κ1) is 16.9. The summed E-state index contributed by atoms with van der Waals surface area (Å²) in [5.74, 6) is -2.92. The number of likely N-dealkylation sites (tertiary alicyclic amines) is 1. The van der Waals surface area contributed by atoms with E-state index in [1.54, 1.807) is 6.92 Å². The molecule has 1 aliphatic rings. The number of aliphatic carboxylic acids is 1. The van der Waals surface area contributed by atoms with E-state index < -0.39 is 29.7 Å². The maximum absolute atomic E-state index is 13.1.